The molecule has 1 fully saturated rings. The standard InChI is InChI=1S/C16H22FN3O2S/c1-19(2)9-7-18-14(21)6-8-20-15(22)11-23-16(20)12-4-3-5-13(17)10-12/h3-5,10,16H,6-9,11H2,1-2H3,(H,18,21). The Balaban J connectivity index is 1.89. The summed E-state index contributed by atoms with van der Waals surface area (Å²) in [4.78, 5) is 27.5. The molecule has 23 heavy (non-hydrogen) atoms. The first-order valence-corrected chi connectivity index (χ1v) is 8.60. The Morgan fingerprint density at radius 3 is 2.96 bits per heavy atom. The molecule has 0 aliphatic carbocycles. The molecule has 1 heterocycles. The van der Waals surface area contributed by atoms with Gasteiger partial charge in [0.2, 0.25) is 11.8 Å². The van der Waals surface area contributed by atoms with Crippen LogP contribution in [-0.2, 0) is 9.59 Å². The van der Waals surface area contributed by atoms with Gasteiger partial charge in [0, 0.05) is 26.1 Å². The van der Waals surface area contributed by atoms with Crippen molar-refractivity contribution in [2.45, 2.75) is 11.8 Å². The quantitative estimate of drug-likeness (QED) is 0.817. The van der Waals surface area contributed by atoms with E-state index >= 15 is 0 Å². The van der Waals surface area contributed by atoms with Gasteiger partial charge in [-0.15, -0.1) is 11.8 Å². The number of benzene rings is 1. The molecule has 1 saturated heterocycles. The Hall–Kier alpha value is -1.60. The maximum absolute atomic E-state index is 13.4. The van der Waals surface area contributed by atoms with Gasteiger partial charge in [-0.1, -0.05) is 12.1 Å². The summed E-state index contributed by atoms with van der Waals surface area (Å²) in [6.45, 7) is 1.71. The smallest absolute Gasteiger partial charge is 0.233 e. The monoisotopic (exact) mass is 339 g/mol. The SMILES string of the molecule is CN(C)CCNC(=O)CCN1C(=O)CSC1c1cccc(F)c1. The second-order valence-electron chi connectivity index (χ2n) is 5.71. The Morgan fingerprint density at radius 2 is 2.26 bits per heavy atom. The van der Waals surface area contributed by atoms with Crippen molar-refractivity contribution < 1.29 is 14.0 Å². The molecule has 0 spiro atoms. The third-order valence-corrected chi connectivity index (χ3v) is 4.82. The lowest BCUT2D eigenvalue weighted by Crippen LogP contribution is -2.35. The minimum absolute atomic E-state index is 0.00893. The number of hydrogen-bond acceptors (Lipinski definition) is 4. The van der Waals surface area contributed by atoms with Gasteiger partial charge < -0.3 is 15.1 Å². The van der Waals surface area contributed by atoms with Crippen molar-refractivity contribution in [2.75, 3.05) is 39.5 Å². The molecule has 1 atom stereocenters. The van der Waals surface area contributed by atoms with Crippen molar-refractivity contribution in [1.82, 2.24) is 15.1 Å². The van der Waals surface area contributed by atoms with Crippen molar-refractivity contribution >= 4 is 23.6 Å². The summed E-state index contributed by atoms with van der Waals surface area (Å²) in [7, 11) is 3.88. The second kappa shape index (κ2) is 8.31. The molecule has 0 radical (unpaired) electrons. The number of likely N-dealkylation sites (N-methyl/N-ethyl adjacent to an activating group) is 1. The average Bonchev–Trinajstić information content (AvgIpc) is 2.86. The molecule has 1 aliphatic rings. The maximum atomic E-state index is 13.4. The fourth-order valence-corrected chi connectivity index (χ4v) is 3.57. The third kappa shape index (κ3) is 5.21. The van der Waals surface area contributed by atoms with Crippen molar-refractivity contribution in [3.63, 3.8) is 0 Å². The highest BCUT2D eigenvalue weighted by Gasteiger charge is 2.32. The van der Waals surface area contributed by atoms with Crippen LogP contribution < -0.4 is 5.32 Å². The van der Waals surface area contributed by atoms with E-state index in [0.717, 1.165) is 12.1 Å². The van der Waals surface area contributed by atoms with Crippen LogP contribution in [0.4, 0.5) is 4.39 Å². The lowest BCUT2D eigenvalue weighted by molar-refractivity contribution is -0.129. The first-order chi connectivity index (χ1) is 11.0. The van der Waals surface area contributed by atoms with E-state index in [2.05, 4.69) is 5.32 Å². The zero-order chi connectivity index (χ0) is 16.8. The van der Waals surface area contributed by atoms with Crippen molar-refractivity contribution in [3.8, 4) is 0 Å². The largest absolute Gasteiger partial charge is 0.355 e. The summed E-state index contributed by atoms with van der Waals surface area (Å²) in [5.41, 5.74) is 0.758. The molecule has 1 unspecified atom stereocenters. The Bertz CT molecular complexity index is 568. The van der Waals surface area contributed by atoms with Gasteiger partial charge in [-0.2, -0.15) is 0 Å². The Morgan fingerprint density at radius 1 is 1.48 bits per heavy atom. The molecule has 1 aliphatic heterocycles. The molecule has 2 amide bonds. The van der Waals surface area contributed by atoms with Gasteiger partial charge in [0.15, 0.2) is 0 Å². The van der Waals surface area contributed by atoms with Crippen LogP contribution in [-0.4, -0.2) is 61.1 Å². The summed E-state index contributed by atoms with van der Waals surface area (Å²) < 4.78 is 13.4. The lowest BCUT2D eigenvalue weighted by atomic mass is 10.2. The molecule has 126 valence electrons. The van der Waals surface area contributed by atoms with Gasteiger partial charge in [0.1, 0.15) is 11.2 Å². The predicted molar refractivity (Wildman–Crippen MR) is 89.5 cm³/mol. The zero-order valence-corrected chi connectivity index (χ0v) is 14.2. The van der Waals surface area contributed by atoms with E-state index in [9.17, 15) is 14.0 Å². The van der Waals surface area contributed by atoms with Crippen LogP contribution in [0.15, 0.2) is 24.3 Å². The van der Waals surface area contributed by atoms with Crippen LogP contribution in [0, 0.1) is 5.82 Å². The highest BCUT2D eigenvalue weighted by atomic mass is 32.2. The van der Waals surface area contributed by atoms with E-state index in [4.69, 9.17) is 0 Å². The number of amides is 2. The average molecular weight is 339 g/mol. The predicted octanol–water partition coefficient (Wildman–Crippen LogP) is 1.47. The lowest BCUT2D eigenvalue weighted by Gasteiger charge is -2.24. The van der Waals surface area contributed by atoms with Gasteiger partial charge in [-0.3, -0.25) is 9.59 Å². The molecule has 5 nitrogen and oxygen atoms in total. The number of rotatable bonds is 7. The van der Waals surface area contributed by atoms with Gasteiger partial charge in [-0.05, 0) is 31.8 Å². The summed E-state index contributed by atoms with van der Waals surface area (Å²) in [5, 5.41) is 2.62. The molecular formula is C16H22FN3O2S. The molecule has 2 rings (SSSR count). The topological polar surface area (TPSA) is 52.7 Å². The summed E-state index contributed by atoms with van der Waals surface area (Å²) in [6.07, 6.45) is 0.256. The number of nitrogens with one attached hydrogen (secondary N) is 1. The summed E-state index contributed by atoms with van der Waals surface area (Å²) in [6, 6.07) is 6.28. The number of hydrogen-bond donors (Lipinski definition) is 1. The Labute approximate surface area is 140 Å². The van der Waals surface area contributed by atoms with E-state index in [1.165, 1.54) is 23.9 Å². The number of halogens is 1. The van der Waals surface area contributed by atoms with Crippen LogP contribution in [0.3, 0.4) is 0 Å². The van der Waals surface area contributed by atoms with Gasteiger partial charge in [-0.25, -0.2) is 4.39 Å². The molecule has 0 saturated carbocycles. The zero-order valence-electron chi connectivity index (χ0n) is 13.4. The summed E-state index contributed by atoms with van der Waals surface area (Å²) >= 11 is 1.47. The number of carbonyl (C=O) groups is 2. The van der Waals surface area contributed by atoms with Crippen molar-refractivity contribution in [3.05, 3.63) is 35.6 Å². The van der Waals surface area contributed by atoms with Crippen LogP contribution in [0.5, 0.6) is 0 Å². The van der Waals surface area contributed by atoms with E-state index < -0.39 is 0 Å². The fraction of sp³-hybridized carbons (Fsp3) is 0.500. The van der Waals surface area contributed by atoms with E-state index in [1.807, 2.05) is 25.1 Å². The van der Waals surface area contributed by atoms with Crippen LogP contribution in [0.1, 0.15) is 17.4 Å². The van der Waals surface area contributed by atoms with Gasteiger partial charge in [0.05, 0.1) is 5.75 Å². The van der Waals surface area contributed by atoms with E-state index in [-0.39, 0.29) is 29.4 Å². The minimum Gasteiger partial charge on any atom is -0.355 e. The van der Waals surface area contributed by atoms with Gasteiger partial charge in [0.25, 0.3) is 0 Å². The second-order valence-corrected chi connectivity index (χ2v) is 6.78. The minimum atomic E-state index is -0.316. The number of thioether (sulfide) groups is 1. The van der Waals surface area contributed by atoms with Crippen LogP contribution >= 0.6 is 11.8 Å². The first kappa shape index (κ1) is 17.7. The third-order valence-electron chi connectivity index (χ3n) is 3.56. The van der Waals surface area contributed by atoms with Gasteiger partial charge >= 0.3 is 0 Å². The molecule has 1 aromatic rings. The van der Waals surface area contributed by atoms with E-state index in [0.29, 0.717) is 18.8 Å². The maximum Gasteiger partial charge on any atom is 0.233 e. The molecule has 0 bridgehead atoms. The normalized spacial score (nSPS) is 17.8. The number of nitrogens with zero attached hydrogens (tertiary/aromatic N) is 2. The van der Waals surface area contributed by atoms with Crippen molar-refractivity contribution in [2.24, 2.45) is 0 Å². The van der Waals surface area contributed by atoms with E-state index in [1.54, 1.807) is 11.0 Å². The highest BCUT2D eigenvalue weighted by Crippen LogP contribution is 2.38. The number of carbonyl (C=O) groups excluding carboxylic acids is 2. The molecule has 1 N–H and O–H groups in total. The molecular weight excluding hydrogens is 317 g/mol. The fourth-order valence-electron chi connectivity index (χ4n) is 2.36. The molecule has 7 heteroatoms. The molecule has 0 aromatic heterocycles. The highest BCUT2D eigenvalue weighted by molar-refractivity contribution is 8.00. The Kier molecular flexibility index (Phi) is 6.41. The van der Waals surface area contributed by atoms with Crippen LogP contribution in [0.2, 0.25) is 0 Å². The first-order valence-electron chi connectivity index (χ1n) is 7.55. The summed E-state index contributed by atoms with van der Waals surface area (Å²) in [5.74, 6) is -0.0348. The molecule has 1 aromatic carbocycles. The van der Waals surface area contributed by atoms with Crippen LogP contribution in [0.25, 0.3) is 0 Å². The van der Waals surface area contributed by atoms with Crippen molar-refractivity contribution in [1.29, 1.82) is 0 Å².